The summed E-state index contributed by atoms with van der Waals surface area (Å²) in [6.07, 6.45) is 5.28. The van der Waals surface area contributed by atoms with Gasteiger partial charge in [0.05, 0.1) is 17.1 Å². The lowest BCUT2D eigenvalue weighted by atomic mass is 9.88. The quantitative estimate of drug-likeness (QED) is 0.643. The van der Waals surface area contributed by atoms with Crippen LogP contribution in [0.4, 0.5) is 5.82 Å². The standard InChI is InChI=1S/C21H21N3O2S/c25-18(19-9-4-14-27-19)10-11-21(26)23-20-12-13-22-24(20)17-8-3-6-15-5-1-2-7-16(15)17/h1-2,4-5,7,9,12-14,17H,3,6,8,10-11H2,(H,23,26). The molecule has 1 aromatic carbocycles. The summed E-state index contributed by atoms with van der Waals surface area (Å²) in [7, 11) is 0. The molecular weight excluding hydrogens is 358 g/mol. The van der Waals surface area contributed by atoms with Crippen molar-refractivity contribution >= 4 is 28.8 Å². The van der Waals surface area contributed by atoms with Gasteiger partial charge in [0, 0.05) is 18.9 Å². The second-order valence-electron chi connectivity index (χ2n) is 6.72. The van der Waals surface area contributed by atoms with E-state index in [4.69, 9.17) is 0 Å². The Morgan fingerprint density at radius 2 is 2.04 bits per heavy atom. The van der Waals surface area contributed by atoms with E-state index in [9.17, 15) is 9.59 Å². The van der Waals surface area contributed by atoms with Crippen molar-refractivity contribution in [3.05, 3.63) is 70.0 Å². The SMILES string of the molecule is O=C(CCC(=O)c1cccs1)Nc1ccnn1C1CCCc2ccccc21. The molecule has 4 rings (SSSR count). The number of fused-ring (bicyclic) bond motifs is 1. The molecule has 1 atom stereocenters. The zero-order chi connectivity index (χ0) is 18.6. The number of carbonyl (C=O) groups is 2. The van der Waals surface area contributed by atoms with Crippen LogP contribution in [0.3, 0.4) is 0 Å². The molecule has 1 aliphatic carbocycles. The van der Waals surface area contributed by atoms with E-state index in [0.29, 0.717) is 10.7 Å². The molecular formula is C21H21N3O2S. The molecule has 0 bridgehead atoms. The van der Waals surface area contributed by atoms with Gasteiger partial charge < -0.3 is 5.32 Å². The van der Waals surface area contributed by atoms with Crippen molar-refractivity contribution in [3.63, 3.8) is 0 Å². The van der Waals surface area contributed by atoms with E-state index < -0.39 is 0 Å². The van der Waals surface area contributed by atoms with Crippen molar-refractivity contribution < 1.29 is 9.59 Å². The molecule has 6 heteroatoms. The summed E-state index contributed by atoms with van der Waals surface area (Å²) in [6.45, 7) is 0. The molecule has 0 spiro atoms. The number of thiophene rings is 1. The number of carbonyl (C=O) groups excluding carboxylic acids is 2. The summed E-state index contributed by atoms with van der Waals surface area (Å²) in [6, 6.07) is 14.0. The monoisotopic (exact) mass is 379 g/mol. The molecule has 27 heavy (non-hydrogen) atoms. The van der Waals surface area contributed by atoms with E-state index in [1.807, 2.05) is 22.2 Å². The van der Waals surface area contributed by atoms with Crippen LogP contribution in [0.25, 0.3) is 0 Å². The summed E-state index contributed by atoms with van der Waals surface area (Å²) in [5.74, 6) is 0.533. The van der Waals surface area contributed by atoms with Gasteiger partial charge in [-0.05, 0) is 41.8 Å². The highest BCUT2D eigenvalue weighted by molar-refractivity contribution is 7.12. The molecule has 0 radical (unpaired) electrons. The minimum atomic E-state index is -0.161. The van der Waals surface area contributed by atoms with Crippen LogP contribution in [0.1, 0.15) is 52.5 Å². The number of hydrogen-bond donors (Lipinski definition) is 1. The van der Waals surface area contributed by atoms with Gasteiger partial charge in [0.2, 0.25) is 5.91 Å². The Morgan fingerprint density at radius 1 is 1.15 bits per heavy atom. The number of nitrogens with zero attached hydrogens (tertiary/aromatic N) is 2. The van der Waals surface area contributed by atoms with Crippen molar-refractivity contribution in [2.45, 2.75) is 38.1 Å². The summed E-state index contributed by atoms with van der Waals surface area (Å²) >= 11 is 1.41. The smallest absolute Gasteiger partial charge is 0.225 e. The Kier molecular flexibility index (Phi) is 5.16. The van der Waals surface area contributed by atoms with Gasteiger partial charge in [0.25, 0.3) is 0 Å². The Hall–Kier alpha value is -2.73. The predicted molar refractivity (Wildman–Crippen MR) is 106 cm³/mol. The minimum Gasteiger partial charge on any atom is -0.311 e. The molecule has 3 aromatic rings. The molecule has 2 aromatic heterocycles. The molecule has 5 nitrogen and oxygen atoms in total. The molecule has 1 aliphatic rings. The van der Waals surface area contributed by atoms with E-state index >= 15 is 0 Å². The van der Waals surface area contributed by atoms with Gasteiger partial charge in [0.15, 0.2) is 5.78 Å². The zero-order valence-electron chi connectivity index (χ0n) is 14.9. The molecule has 138 valence electrons. The van der Waals surface area contributed by atoms with Crippen LogP contribution in [0, 0.1) is 0 Å². The van der Waals surface area contributed by atoms with Crippen LogP contribution < -0.4 is 5.32 Å². The van der Waals surface area contributed by atoms with E-state index in [-0.39, 0.29) is 30.6 Å². The van der Waals surface area contributed by atoms with Gasteiger partial charge in [-0.3, -0.25) is 9.59 Å². The first-order valence-electron chi connectivity index (χ1n) is 9.20. The number of aryl methyl sites for hydroxylation is 1. The highest BCUT2D eigenvalue weighted by Crippen LogP contribution is 2.34. The normalized spacial score (nSPS) is 15.9. The maximum absolute atomic E-state index is 12.4. The molecule has 1 N–H and O–H groups in total. The van der Waals surface area contributed by atoms with Gasteiger partial charge >= 0.3 is 0 Å². The number of nitrogens with one attached hydrogen (secondary N) is 1. The summed E-state index contributed by atoms with van der Waals surface area (Å²) in [4.78, 5) is 25.1. The zero-order valence-corrected chi connectivity index (χ0v) is 15.7. The number of aromatic nitrogens is 2. The van der Waals surface area contributed by atoms with Crippen LogP contribution in [-0.4, -0.2) is 21.5 Å². The molecule has 2 heterocycles. The fourth-order valence-corrected chi connectivity index (χ4v) is 4.33. The maximum Gasteiger partial charge on any atom is 0.225 e. The average molecular weight is 379 g/mol. The first-order valence-corrected chi connectivity index (χ1v) is 10.1. The fraction of sp³-hybridized carbons (Fsp3) is 0.286. The third-order valence-corrected chi connectivity index (χ3v) is 5.86. The summed E-state index contributed by atoms with van der Waals surface area (Å²) < 4.78 is 1.90. The van der Waals surface area contributed by atoms with Crippen molar-refractivity contribution in [2.75, 3.05) is 5.32 Å². The molecule has 0 saturated heterocycles. The van der Waals surface area contributed by atoms with E-state index in [0.717, 1.165) is 19.3 Å². The molecule has 0 saturated carbocycles. The molecule has 0 fully saturated rings. The minimum absolute atomic E-state index is 0.00913. The van der Waals surface area contributed by atoms with Gasteiger partial charge in [-0.15, -0.1) is 11.3 Å². The fourth-order valence-electron chi connectivity index (χ4n) is 3.64. The highest BCUT2D eigenvalue weighted by atomic mass is 32.1. The van der Waals surface area contributed by atoms with E-state index in [1.54, 1.807) is 12.3 Å². The first-order chi connectivity index (χ1) is 13.2. The van der Waals surface area contributed by atoms with Crippen molar-refractivity contribution in [1.82, 2.24) is 9.78 Å². The number of Topliss-reactive ketones (excluding diaryl/α,β-unsaturated/α-hetero) is 1. The Morgan fingerprint density at radius 3 is 2.89 bits per heavy atom. The number of anilines is 1. The van der Waals surface area contributed by atoms with Crippen LogP contribution in [0.5, 0.6) is 0 Å². The Bertz CT molecular complexity index is 946. The van der Waals surface area contributed by atoms with E-state index in [1.165, 1.54) is 22.5 Å². The largest absolute Gasteiger partial charge is 0.311 e. The lowest BCUT2D eigenvalue weighted by Gasteiger charge is -2.27. The number of ketones is 1. The maximum atomic E-state index is 12.4. The topological polar surface area (TPSA) is 64.0 Å². The highest BCUT2D eigenvalue weighted by Gasteiger charge is 2.24. The summed E-state index contributed by atoms with van der Waals surface area (Å²) in [5, 5.41) is 9.27. The Labute approximate surface area is 162 Å². The molecule has 1 unspecified atom stereocenters. The number of amides is 1. The third kappa shape index (κ3) is 3.85. The van der Waals surface area contributed by atoms with Crippen LogP contribution in [0.2, 0.25) is 0 Å². The molecule has 0 aliphatic heterocycles. The number of benzene rings is 1. The van der Waals surface area contributed by atoms with Crippen molar-refractivity contribution in [3.8, 4) is 0 Å². The number of rotatable bonds is 6. The second-order valence-corrected chi connectivity index (χ2v) is 7.66. The van der Waals surface area contributed by atoms with Crippen LogP contribution in [0.15, 0.2) is 54.0 Å². The van der Waals surface area contributed by atoms with Gasteiger partial charge in [0.1, 0.15) is 5.82 Å². The van der Waals surface area contributed by atoms with Gasteiger partial charge in [-0.1, -0.05) is 30.3 Å². The lowest BCUT2D eigenvalue weighted by molar-refractivity contribution is -0.116. The van der Waals surface area contributed by atoms with Crippen molar-refractivity contribution in [1.29, 1.82) is 0 Å². The van der Waals surface area contributed by atoms with Gasteiger partial charge in [-0.25, -0.2) is 4.68 Å². The third-order valence-electron chi connectivity index (χ3n) is 4.95. The summed E-state index contributed by atoms with van der Waals surface area (Å²) in [5.41, 5.74) is 2.62. The second kappa shape index (κ2) is 7.88. The van der Waals surface area contributed by atoms with Crippen LogP contribution >= 0.6 is 11.3 Å². The van der Waals surface area contributed by atoms with Gasteiger partial charge in [-0.2, -0.15) is 5.10 Å². The molecule has 1 amide bonds. The average Bonchev–Trinajstić information content (AvgIpc) is 3.38. The Balaban J connectivity index is 1.44. The lowest BCUT2D eigenvalue weighted by Crippen LogP contribution is -2.22. The number of hydrogen-bond acceptors (Lipinski definition) is 4. The predicted octanol–water partition coefficient (Wildman–Crippen LogP) is 4.47. The van der Waals surface area contributed by atoms with E-state index in [2.05, 4.69) is 34.7 Å². The van der Waals surface area contributed by atoms with Crippen LogP contribution in [-0.2, 0) is 11.2 Å². The first kappa shape index (κ1) is 17.7. The van der Waals surface area contributed by atoms with Crippen molar-refractivity contribution in [2.24, 2.45) is 0 Å².